The number of sulfonamides is 1. The lowest BCUT2D eigenvalue weighted by Gasteiger charge is -2.10. The summed E-state index contributed by atoms with van der Waals surface area (Å²) in [5.41, 5.74) is 1.27. The Labute approximate surface area is 125 Å². The van der Waals surface area contributed by atoms with E-state index in [0.717, 1.165) is 5.56 Å². The van der Waals surface area contributed by atoms with E-state index in [-0.39, 0.29) is 9.63 Å². The lowest BCUT2D eigenvalue weighted by Crippen LogP contribution is -2.17. The number of aryl methyl sites for hydroxylation is 2. The second-order valence-corrected chi connectivity index (χ2v) is 6.45. The van der Waals surface area contributed by atoms with Crippen molar-refractivity contribution in [2.24, 2.45) is 7.05 Å². The Bertz CT molecular complexity index is 723. The van der Waals surface area contributed by atoms with Gasteiger partial charge in [-0.2, -0.15) is 8.42 Å². The molecule has 9 heteroatoms. The third-order valence-corrected chi connectivity index (χ3v) is 4.91. The number of hydrogen-bond donors (Lipinski definition) is 1. The summed E-state index contributed by atoms with van der Waals surface area (Å²) in [7, 11) is -0.702. The molecular weight excluding hydrogens is 348 g/mol. The molecular formula is C11H13BrN4O3S. The highest BCUT2D eigenvalue weighted by molar-refractivity contribution is 9.10. The molecule has 7 nitrogen and oxygen atoms in total. The van der Waals surface area contributed by atoms with E-state index in [1.165, 1.54) is 11.7 Å². The predicted octanol–water partition coefficient (Wildman–Crippen LogP) is 1.70. The predicted molar refractivity (Wildman–Crippen MR) is 77.2 cm³/mol. The van der Waals surface area contributed by atoms with Crippen LogP contribution in [0.15, 0.2) is 27.8 Å². The molecule has 2 aromatic rings. The Hall–Kier alpha value is -1.61. The van der Waals surface area contributed by atoms with Crippen molar-refractivity contribution >= 4 is 31.6 Å². The van der Waals surface area contributed by atoms with Gasteiger partial charge in [0.05, 0.1) is 7.11 Å². The van der Waals surface area contributed by atoms with Crippen LogP contribution in [-0.2, 0) is 17.1 Å². The summed E-state index contributed by atoms with van der Waals surface area (Å²) in [5, 5.41) is 7.27. The fourth-order valence-electron chi connectivity index (χ4n) is 1.75. The third kappa shape index (κ3) is 2.78. The number of anilines is 1. The number of aromatic nitrogens is 3. The first-order valence-electron chi connectivity index (χ1n) is 5.58. The molecule has 0 aliphatic heterocycles. The van der Waals surface area contributed by atoms with Gasteiger partial charge in [-0.1, -0.05) is 5.21 Å². The van der Waals surface area contributed by atoms with Gasteiger partial charge in [-0.15, -0.1) is 5.10 Å². The van der Waals surface area contributed by atoms with Crippen molar-refractivity contribution < 1.29 is 13.2 Å². The number of nitrogens with one attached hydrogen (secondary N) is 1. The van der Waals surface area contributed by atoms with Crippen LogP contribution in [0.25, 0.3) is 0 Å². The van der Waals surface area contributed by atoms with Crippen molar-refractivity contribution in [3.05, 3.63) is 28.4 Å². The second kappa shape index (κ2) is 5.41. The molecule has 20 heavy (non-hydrogen) atoms. The van der Waals surface area contributed by atoms with Crippen LogP contribution in [0.2, 0.25) is 0 Å². The van der Waals surface area contributed by atoms with E-state index in [0.29, 0.717) is 11.4 Å². The van der Waals surface area contributed by atoms with Crippen molar-refractivity contribution in [3.63, 3.8) is 0 Å². The zero-order valence-corrected chi connectivity index (χ0v) is 13.5. The molecule has 1 aromatic heterocycles. The highest BCUT2D eigenvalue weighted by Crippen LogP contribution is 2.25. The maximum absolute atomic E-state index is 12.3. The average molecular weight is 361 g/mol. The van der Waals surface area contributed by atoms with Gasteiger partial charge in [0.1, 0.15) is 5.75 Å². The first-order valence-corrected chi connectivity index (χ1v) is 7.85. The molecule has 0 unspecified atom stereocenters. The van der Waals surface area contributed by atoms with Gasteiger partial charge < -0.3 is 4.74 Å². The van der Waals surface area contributed by atoms with Crippen molar-refractivity contribution in [3.8, 4) is 5.75 Å². The largest absolute Gasteiger partial charge is 0.496 e. The van der Waals surface area contributed by atoms with Crippen molar-refractivity contribution in [1.82, 2.24) is 15.0 Å². The Kier molecular flexibility index (Phi) is 4.00. The number of hydrogen-bond acceptors (Lipinski definition) is 5. The fourth-order valence-corrected chi connectivity index (χ4v) is 3.90. The van der Waals surface area contributed by atoms with E-state index < -0.39 is 10.0 Å². The standard InChI is InChI=1S/C11H13BrN4O3S/c1-7-6-8(4-5-9(7)19-3)14-20(17,18)11-10(12)13-15-16(11)2/h4-6,14H,1-3H3. The Morgan fingerprint density at radius 1 is 1.40 bits per heavy atom. The van der Waals surface area contributed by atoms with Crippen LogP contribution in [0, 0.1) is 6.92 Å². The normalized spacial score (nSPS) is 11.4. The molecule has 0 bridgehead atoms. The van der Waals surface area contributed by atoms with Gasteiger partial charge in [-0.3, -0.25) is 4.72 Å². The van der Waals surface area contributed by atoms with E-state index in [1.807, 2.05) is 6.92 Å². The van der Waals surface area contributed by atoms with E-state index in [1.54, 1.807) is 25.3 Å². The van der Waals surface area contributed by atoms with Crippen LogP contribution in [-0.4, -0.2) is 30.5 Å². The monoisotopic (exact) mass is 360 g/mol. The molecule has 1 heterocycles. The molecule has 0 spiro atoms. The molecule has 0 aliphatic carbocycles. The number of halogens is 1. The number of nitrogens with zero attached hydrogens (tertiary/aromatic N) is 3. The van der Waals surface area contributed by atoms with Crippen molar-refractivity contribution in [2.75, 3.05) is 11.8 Å². The first kappa shape index (κ1) is 14.8. The summed E-state index contributed by atoms with van der Waals surface area (Å²) < 4.78 is 33.6. The molecule has 0 saturated heterocycles. The maximum atomic E-state index is 12.3. The minimum atomic E-state index is -3.77. The van der Waals surface area contributed by atoms with Crippen LogP contribution in [0.1, 0.15) is 5.56 Å². The smallest absolute Gasteiger partial charge is 0.281 e. The summed E-state index contributed by atoms with van der Waals surface area (Å²) in [6.45, 7) is 1.83. The van der Waals surface area contributed by atoms with Crippen LogP contribution < -0.4 is 9.46 Å². The van der Waals surface area contributed by atoms with E-state index in [2.05, 4.69) is 31.0 Å². The van der Waals surface area contributed by atoms with Crippen LogP contribution >= 0.6 is 15.9 Å². The Morgan fingerprint density at radius 3 is 2.60 bits per heavy atom. The average Bonchev–Trinajstić information content (AvgIpc) is 2.69. The van der Waals surface area contributed by atoms with Gasteiger partial charge in [0, 0.05) is 12.7 Å². The number of benzene rings is 1. The van der Waals surface area contributed by atoms with Gasteiger partial charge in [0.15, 0.2) is 4.60 Å². The Morgan fingerprint density at radius 2 is 2.10 bits per heavy atom. The molecule has 108 valence electrons. The lowest BCUT2D eigenvalue weighted by molar-refractivity contribution is 0.412. The Balaban J connectivity index is 2.36. The quantitative estimate of drug-likeness (QED) is 0.896. The zero-order chi connectivity index (χ0) is 14.9. The maximum Gasteiger partial charge on any atom is 0.281 e. The number of methoxy groups -OCH3 is 1. The molecule has 1 N–H and O–H groups in total. The molecule has 0 amide bonds. The van der Waals surface area contributed by atoms with Crippen LogP contribution in [0.4, 0.5) is 5.69 Å². The van der Waals surface area contributed by atoms with Crippen molar-refractivity contribution in [1.29, 1.82) is 0 Å². The molecule has 0 radical (unpaired) electrons. The van der Waals surface area contributed by atoms with Gasteiger partial charge in [-0.25, -0.2) is 4.68 Å². The van der Waals surface area contributed by atoms with Crippen molar-refractivity contribution in [2.45, 2.75) is 11.9 Å². The van der Waals surface area contributed by atoms with E-state index in [9.17, 15) is 8.42 Å². The SMILES string of the molecule is COc1ccc(NS(=O)(=O)c2c(Br)nnn2C)cc1C. The highest BCUT2D eigenvalue weighted by Gasteiger charge is 2.24. The molecule has 0 saturated carbocycles. The minimum absolute atomic E-state index is 0.0361. The van der Waals surface area contributed by atoms with E-state index in [4.69, 9.17) is 4.74 Å². The first-order chi connectivity index (χ1) is 9.35. The molecule has 0 aliphatic rings. The van der Waals surface area contributed by atoms with Gasteiger partial charge in [-0.05, 0) is 46.6 Å². The third-order valence-electron chi connectivity index (χ3n) is 2.64. The molecule has 2 rings (SSSR count). The van der Waals surface area contributed by atoms with Gasteiger partial charge >= 0.3 is 0 Å². The molecule has 1 aromatic carbocycles. The van der Waals surface area contributed by atoms with Gasteiger partial charge in [0.2, 0.25) is 5.03 Å². The molecule has 0 fully saturated rings. The number of rotatable bonds is 4. The summed E-state index contributed by atoms with van der Waals surface area (Å²) >= 11 is 3.07. The zero-order valence-electron chi connectivity index (χ0n) is 11.1. The summed E-state index contributed by atoms with van der Waals surface area (Å²) in [6.07, 6.45) is 0. The van der Waals surface area contributed by atoms with Gasteiger partial charge in [0.25, 0.3) is 10.0 Å². The summed E-state index contributed by atoms with van der Waals surface area (Å²) in [6, 6.07) is 5.01. The van der Waals surface area contributed by atoms with Crippen LogP contribution in [0.3, 0.4) is 0 Å². The highest BCUT2D eigenvalue weighted by atomic mass is 79.9. The lowest BCUT2D eigenvalue weighted by atomic mass is 10.2. The number of ether oxygens (including phenoxy) is 1. The minimum Gasteiger partial charge on any atom is -0.496 e. The second-order valence-electron chi connectivity index (χ2n) is 4.10. The fraction of sp³-hybridized carbons (Fsp3) is 0.273. The van der Waals surface area contributed by atoms with Crippen LogP contribution in [0.5, 0.6) is 5.75 Å². The summed E-state index contributed by atoms with van der Waals surface area (Å²) in [5.74, 6) is 0.691. The van der Waals surface area contributed by atoms with E-state index >= 15 is 0 Å². The molecule has 0 atom stereocenters. The topological polar surface area (TPSA) is 86.1 Å². The summed E-state index contributed by atoms with van der Waals surface area (Å²) in [4.78, 5) is 0.